The highest BCUT2D eigenvalue weighted by atomic mass is 16.6. The van der Waals surface area contributed by atoms with E-state index < -0.39 is 41.6 Å². The van der Waals surface area contributed by atoms with Gasteiger partial charge in [-0.15, -0.1) is 0 Å². The van der Waals surface area contributed by atoms with Crippen LogP contribution in [-0.2, 0) is 28.6 Å². The highest BCUT2D eigenvalue weighted by molar-refractivity contribution is 5.99. The summed E-state index contributed by atoms with van der Waals surface area (Å²) in [7, 11) is 0. The second-order valence-electron chi connectivity index (χ2n) is 10.6. The molecule has 0 radical (unpaired) electrons. The number of esters is 1. The van der Waals surface area contributed by atoms with E-state index in [4.69, 9.17) is 14.2 Å². The molecule has 5 aliphatic rings. The number of amides is 2. The van der Waals surface area contributed by atoms with Crippen LogP contribution in [0.5, 0.6) is 0 Å². The minimum Gasteiger partial charge on any atom is -0.465 e. The number of morpholine rings is 1. The standard InChI is InChI=1S/C27H39N3O7/c1-2-19(18-31)30-23-25(33)29(12-11-28-13-16-35-17-14-28)10-7-9-27(23)22(24(30)32)21-20(37-27)8-5-3-4-6-15-36-26(21)34/h5,7-9,19-23,31H,2-4,6,10-18H2,1H3/b8-5-/t19-,20-,21+,22-,23?,27-/m0/s1. The molecule has 3 fully saturated rings. The van der Waals surface area contributed by atoms with Crippen molar-refractivity contribution < 1.29 is 33.7 Å². The number of aliphatic hydroxyl groups is 1. The van der Waals surface area contributed by atoms with Crippen LogP contribution in [0, 0.1) is 11.8 Å². The van der Waals surface area contributed by atoms with Crippen LogP contribution in [0.2, 0.25) is 0 Å². The summed E-state index contributed by atoms with van der Waals surface area (Å²) in [6, 6.07) is -1.51. The third kappa shape index (κ3) is 4.73. The number of carbonyl (C=O) groups is 3. The molecular weight excluding hydrogens is 478 g/mol. The van der Waals surface area contributed by atoms with Gasteiger partial charge in [0.15, 0.2) is 0 Å². The number of nitrogens with zero attached hydrogens (tertiary/aromatic N) is 3. The molecule has 0 aromatic carbocycles. The van der Waals surface area contributed by atoms with E-state index >= 15 is 0 Å². The van der Waals surface area contributed by atoms with Crippen molar-refractivity contribution in [3.05, 3.63) is 24.3 Å². The second-order valence-corrected chi connectivity index (χ2v) is 10.6. The Hall–Kier alpha value is -2.27. The number of allylic oxidation sites excluding steroid dienone is 1. The smallest absolute Gasteiger partial charge is 0.312 e. The summed E-state index contributed by atoms with van der Waals surface area (Å²) in [6.45, 7) is 6.52. The Labute approximate surface area is 218 Å². The molecule has 0 saturated carbocycles. The molecule has 204 valence electrons. The fourth-order valence-corrected chi connectivity index (χ4v) is 6.50. The normalized spacial score (nSPS) is 36.4. The van der Waals surface area contributed by atoms with Crippen molar-refractivity contribution in [1.29, 1.82) is 0 Å². The molecule has 1 spiro atoms. The Morgan fingerprint density at radius 2 is 1.89 bits per heavy atom. The van der Waals surface area contributed by atoms with Gasteiger partial charge in [0.25, 0.3) is 0 Å². The van der Waals surface area contributed by atoms with Crippen molar-refractivity contribution in [1.82, 2.24) is 14.7 Å². The maximum atomic E-state index is 14.2. The fraction of sp³-hybridized carbons (Fsp3) is 0.741. The number of ether oxygens (including phenoxy) is 3. The summed E-state index contributed by atoms with van der Waals surface area (Å²) in [5.41, 5.74) is -1.29. The molecule has 5 aliphatic heterocycles. The first kappa shape index (κ1) is 26.3. The molecule has 0 aliphatic carbocycles. The van der Waals surface area contributed by atoms with Gasteiger partial charge in [0.1, 0.15) is 17.6 Å². The lowest BCUT2D eigenvalue weighted by Crippen LogP contribution is -2.58. The van der Waals surface area contributed by atoms with E-state index in [-0.39, 0.29) is 18.4 Å². The van der Waals surface area contributed by atoms with E-state index in [9.17, 15) is 19.5 Å². The molecule has 0 aromatic rings. The molecule has 5 rings (SSSR count). The topological polar surface area (TPSA) is 109 Å². The molecule has 10 nitrogen and oxygen atoms in total. The van der Waals surface area contributed by atoms with Crippen LogP contribution in [0.3, 0.4) is 0 Å². The number of likely N-dealkylation sites (tertiary alicyclic amines) is 1. The predicted molar refractivity (Wildman–Crippen MR) is 133 cm³/mol. The SMILES string of the molecule is CC[C@@H](CO)N1C(=O)[C@@H]2[C@@H]3C(=O)OCCCC/C=C\[C@@H]3O[C@@]23C=CCN(CCN2CCOCC2)C(=O)C13. The highest BCUT2D eigenvalue weighted by Crippen LogP contribution is 2.53. The monoisotopic (exact) mass is 517 g/mol. The van der Waals surface area contributed by atoms with Gasteiger partial charge in [-0.3, -0.25) is 19.3 Å². The number of hydrogen-bond donors (Lipinski definition) is 1. The van der Waals surface area contributed by atoms with Crippen LogP contribution in [0.1, 0.15) is 32.6 Å². The average Bonchev–Trinajstić information content (AvgIpc) is 3.30. The molecule has 3 saturated heterocycles. The summed E-state index contributed by atoms with van der Waals surface area (Å²) in [5.74, 6) is -2.73. The minimum atomic E-state index is -1.29. The van der Waals surface area contributed by atoms with Crippen LogP contribution in [0.4, 0.5) is 0 Å². The molecular formula is C27H39N3O7. The van der Waals surface area contributed by atoms with Crippen LogP contribution < -0.4 is 0 Å². The summed E-state index contributed by atoms with van der Waals surface area (Å²) in [5, 5.41) is 10.2. The number of aliphatic hydroxyl groups excluding tert-OH is 1. The first-order valence-corrected chi connectivity index (χ1v) is 13.7. The average molecular weight is 518 g/mol. The van der Waals surface area contributed by atoms with Gasteiger partial charge in [0.2, 0.25) is 11.8 Å². The van der Waals surface area contributed by atoms with Gasteiger partial charge < -0.3 is 29.1 Å². The van der Waals surface area contributed by atoms with Crippen LogP contribution >= 0.6 is 0 Å². The number of cyclic esters (lactones) is 1. The van der Waals surface area contributed by atoms with E-state index in [1.807, 2.05) is 31.2 Å². The number of carbonyl (C=O) groups excluding carboxylic acids is 3. The first-order valence-electron chi connectivity index (χ1n) is 13.7. The van der Waals surface area contributed by atoms with Gasteiger partial charge >= 0.3 is 5.97 Å². The van der Waals surface area contributed by atoms with Crippen molar-refractivity contribution >= 4 is 17.8 Å². The first-order chi connectivity index (χ1) is 18.0. The van der Waals surface area contributed by atoms with Crippen molar-refractivity contribution in [2.75, 3.05) is 59.2 Å². The Morgan fingerprint density at radius 1 is 1.08 bits per heavy atom. The van der Waals surface area contributed by atoms with E-state index in [2.05, 4.69) is 4.90 Å². The molecule has 5 heterocycles. The molecule has 37 heavy (non-hydrogen) atoms. The lowest BCUT2D eigenvalue weighted by Gasteiger charge is -2.38. The van der Waals surface area contributed by atoms with Gasteiger partial charge in [-0.05, 0) is 25.7 Å². The van der Waals surface area contributed by atoms with E-state index in [1.165, 1.54) is 4.90 Å². The third-order valence-electron chi connectivity index (χ3n) is 8.49. The molecule has 2 amide bonds. The molecule has 0 bridgehead atoms. The summed E-state index contributed by atoms with van der Waals surface area (Å²) < 4.78 is 17.7. The lowest BCUT2D eigenvalue weighted by molar-refractivity contribution is -0.156. The Bertz CT molecular complexity index is 929. The number of rotatable bonds is 6. The van der Waals surface area contributed by atoms with Crippen LogP contribution in [0.25, 0.3) is 0 Å². The fourth-order valence-electron chi connectivity index (χ4n) is 6.50. The maximum Gasteiger partial charge on any atom is 0.312 e. The van der Waals surface area contributed by atoms with Gasteiger partial charge in [0, 0.05) is 32.7 Å². The Balaban J connectivity index is 1.50. The Kier molecular flexibility index (Phi) is 7.99. The number of fused-ring (bicyclic) bond motifs is 2. The zero-order valence-electron chi connectivity index (χ0n) is 21.6. The van der Waals surface area contributed by atoms with Gasteiger partial charge in [0.05, 0.1) is 44.5 Å². The van der Waals surface area contributed by atoms with Gasteiger partial charge in [-0.25, -0.2) is 0 Å². The van der Waals surface area contributed by atoms with E-state index in [0.29, 0.717) is 45.9 Å². The zero-order valence-corrected chi connectivity index (χ0v) is 21.6. The lowest BCUT2D eigenvalue weighted by atomic mass is 9.78. The predicted octanol–water partition coefficient (Wildman–Crippen LogP) is 0.352. The largest absolute Gasteiger partial charge is 0.465 e. The van der Waals surface area contributed by atoms with E-state index in [1.54, 1.807) is 4.90 Å². The quantitative estimate of drug-likeness (QED) is 0.397. The summed E-state index contributed by atoms with van der Waals surface area (Å²) in [4.78, 5) is 47.2. The van der Waals surface area contributed by atoms with E-state index in [0.717, 1.165) is 32.4 Å². The Morgan fingerprint density at radius 3 is 2.65 bits per heavy atom. The van der Waals surface area contributed by atoms with Crippen LogP contribution in [0.15, 0.2) is 24.3 Å². The van der Waals surface area contributed by atoms with Crippen molar-refractivity contribution in [3.8, 4) is 0 Å². The van der Waals surface area contributed by atoms with Gasteiger partial charge in [-0.2, -0.15) is 0 Å². The molecule has 6 atom stereocenters. The third-order valence-corrected chi connectivity index (χ3v) is 8.49. The molecule has 0 aromatic heterocycles. The second kappa shape index (κ2) is 11.2. The summed E-state index contributed by atoms with van der Waals surface area (Å²) >= 11 is 0. The molecule has 1 N–H and O–H groups in total. The van der Waals surface area contributed by atoms with Crippen molar-refractivity contribution in [3.63, 3.8) is 0 Å². The van der Waals surface area contributed by atoms with Crippen LogP contribution in [-0.4, -0.2) is 121 Å². The summed E-state index contributed by atoms with van der Waals surface area (Å²) in [6.07, 6.45) is 9.91. The van der Waals surface area contributed by atoms with Crippen molar-refractivity contribution in [2.45, 2.75) is 56.4 Å². The van der Waals surface area contributed by atoms with Gasteiger partial charge in [-0.1, -0.05) is 31.2 Å². The molecule has 10 heteroatoms. The minimum absolute atomic E-state index is 0.206. The maximum absolute atomic E-state index is 14.2. The molecule has 1 unspecified atom stereocenters. The van der Waals surface area contributed by atoms with Crippen molar-refractivity contribution in [2.24, 2.45) is 11.8 Å². The zero-order chi connectivity index (χ0) is 26.0. The highest BCUT2D eigenvalue weighted by Gasteiger charge is 2.72. The number of hydrogen-bond acceptors (Lipinski definition) is 8.